The number of carbonyl (C=O) groups is 1. The van der Waals surface area contributed by atoms with E-state index in [9.17, 15) is 9.18 Å². The van der Waals surface area contributed by atoms with Gasteiger partial charge in [-0.25, -0.2) is 9.18 Å². The highest BCUT2D eigenvalue weighted by molar-refractivity contribution is 5.68. The standard InChI is InChI=1S/C18H27FN2O2/c1-12-6-7-16(14(19)10-12)20-15-8-9-21(11-13(15)2)17(22)23-18(3,4)5/h6-7,10,13,15,20H,8-9,11H2,1-5H3. The normalized spacial score (nSPS) is 21.9. The summed E-state index contributed by atoms with van der Waals surface area (Å²) in [5, 5.41) is 3.28. The van der Waals surface area contributed by atoms with Gasteiger partial charge in [0.1, 0.15) is 11.4 Å². The molecule has 1 amide bonds. The molecule has 1 aromatic carbocycles. The molecule has 1 N–H and O–H groups in total. The number of amides is 1. The van der Waals surface area contributed by atoms with Crippen LogP contribution in [0.5, 0.6) is 0 Å². The number of likely N-dealkylation sites (tertiary alicyclic amines) is 1. The van der Waals surface area contributed by atoms with Gasteiger partial charge in [-0.15, -0.1) is 0 Å². The number of piperidine rings is 1. The van der Waals surface area contributed by atoms with E-state index in [2.05, 4.69) is 12.2 Å². The van der Waals surface area contributed by atoms with Crippen molar-refractivity contribution >= 4 is 11.8 Å². The third-order valence-corrected chi connectivity index (χ3v) is 4.02. The maximum absolute atomic E-state index is 14.0. The first-order valence-corrected chi connectivity index (χ1v) is 8.16. The number of halogens is 1. The minimum absolute atomic E-state index is 0.144. The van der Waals surface area contributed by atoms with E-state index in [1.54, 1.807) is 11.0 Å². The Hall–Kier alpha value is -1.78. The molecule has 0 aromatic heterocycles. The van der Waals surface area contributed by atoms with Crippen LogP contribution in [0.3, 0.4) is 0 Å². The van der Waals surface area contributed by atoms with Crippen LogP contribution in [0.25, 0.3) is 0 Å². The number of rotatable bonds is 2. The number of nitrogens with zero attached hydrogens (tertiary/aromatic N) is 1. The molecule has 0 bridgehead atoms. The zero-order valence-electron chi connectivity index (χ0n) is 14.6. The average Bonchev–Trinajstić information content (AvgIpc) is 2.41. The minimum Gasteiger partial charge on any atom is -0.444 e. The maximum Gasteiger partial charge on any atom is 0.410 e. The van der Waals surface area contributed by atoms with Crippen molar-refractivity contribution in [3.05, 3.63) is 29.6 Å². The summed E-state index contributed by atoms with van der Waals surface area (Å²) in [5.41, 5.74) is 0.944. The van der Waals surface area contributed by atoms with Crippen molar-refractivity contribution in [2.24, 2.45) is 5.92 Å². The van der Waals surface area contributed by atoms with Gasteiger partial charge in [0.2, 0.25) is 0 Å². The highest BCUT2D eigenvalue weighted by atomic mass is 19.1. The van der Waals surface area contributed by atoms with Gasteiger partial charge >= 0.3 is 6.09 Å². The van der Waals surface area contributed by atoms with Crippen LogP contribution in [0.15, 0.2) is 18.2 Å². The van der Waals surface area contributed by atoms with Crippen molar-refractivity contribution in [2.75, 3.05) is 18.4 Å². The Morgan fingerprint density at radius 2 is 2.09 bits per heavy atom. The van der Waals surface area contributed by atoms with Gasteiger partial charge in [-0.2, -0.15) is 0 Å². The lowest BCUT2D eigenvalue weighted by molar-refractivity contribution is 0.0165. The molecule has 4 nitrogen and oxygen atoms in total. The monoisotopic (exact) mass is 322 g/mol. The fourth-order valence-electron chi connectivity index (χ4n) is 2.79. The van der Waals surface area contributed by atoms with Crippen LogP contribution in [0.2, 0.25) is 0 Å². The molecule has 1 saturated heterocycles. The molecule has 1 aromatic rings. The van der Waals surface area contributed by atoms with E-state index in [1.165, 1.54) is 6.07 Å². The van der Waals surface area contributed by atoms with Crippen LogP contribution in [-0.4, -0.2) is 35.7 Å². The average molecular weight is 322 g/mol. The SMILES string of the molecule is Cc1ccc(NC2CCN(C(=O)OC(C)(C)C)CC2C)c(F)c1. The second kappa shape index (κ2) is 6.77. The molecule has 1 fully saturated rings. The van der Waals surface area contributed by atoms with Crippen LogP contribution in [0.4, 0.5) is 14.9 Å². The first-order valence-electron chi connectivity index (χ1n) is 8.16. The van der Waals surface area contributed by atoms with Crippen molar-refractivity contribution in [3.8, 4) is 0 Å². The van der Waals surface area contributed by atoms with Crippen molar-refractivity contribution in [1.29, 1.82) is 0 Å². The Labute approximate surface area is 138 Å². The van der Waals surface area contributed by atoms with Crippen LogP contribution in [-0.2, 0) is 4.74 Å². The lowest BCUT2D eigenvalue weighted by atomic mass is 9.93. The lowest BCUT2D eigenvalue weighted by Crippen LogP contribution is -2.49. The number of nitrogens with one attached hydrogen (secondary N) is 1. The summed E-state index contributed by atoms with van der Waals surface area (Å²) in [4.78, 5) is 13.9. The Morgan fingerprint density at radius 1 is 1.39 bits per heavy atom. The first kappa shape index (κ1) is 17.6. The molecule has 1 heterocycles. The summed E-state index contributed by atoms with van der Waals surface area (Å²) in [5.74, 6) is -0.0104. The Bertz CT molecular complexity index is 569. The number of ether oxygens (including phenoxy) is 1. The number of hydrogen-bond acceptors (Lipinski definition) is 3. The number of benzene rings is 1. The summed E-state index contributed by atoms with van der Waals surface area (Å²) >= 11 is 0. The van der Waals surface area contributed by atoms with Gasteiger partial charge in [0, 0.05) is 19.1 Å². The van der Waals surface area contributed by atoms with Gasteiger partial charge in [-0.05, 0) is 57.7 Å². The van der Waals surface area contributed by atoms with Crippen molar-refractivity contribution < 1.29 is 13.9 Å². The summed E-state index contributed by atoms with van der Waals surface area (Å²) in [6, 6.07) is 5.35. The molecule has 1 aliphatic heterocycles. The molecule has 128 valence electrons. The molecule has 1 aliphatic rings. The van der Waals surface area contributed by atoms with E-state index >= 15 is 0 Å². The van der Waals surface area contributed by atoms with Gasteiger partial charge in [-0.1, -0.05) is 13.0 Å². The number of carbonyl (C=O) groups excluding carboxylic acids is 1. The zero-order valence-corrected chi connectivity index (χ0v) is 14.6. The molecule has 5 heteroatoms. The van der Waals surface area contributed by atoms with E-state index < -0.39 is 5.60 Å². The van der Waals surface area contributed by atoms with E-state index in [0.717, 1.165) is 12.0 Å². The van der Waals surface area contributed by atoms with Crippen LogP contribution in [0, 0.1) is 18.7 Å². The minimum atomic E-state index is -0.486. The Kier molecular flexibility index (Phi) is 5.17. The van der Waals surface area contributed by atoms with E-state index in [4.69, 9.17) is 4.74 Å². The highest BCUT2D eigenvalue weighted by Crippen LogP contribution is 2.24. The van der Waals surface area contributed by atoms with Crippen LogP contribution < -0.4 is 5.32 Å². The highest BCUT2D eigenvalue weighted by Gasteiger charge is 2.31. The number of hydrogen-bond donors (Lipinski definition) is 1. The molecule has 0 radical (unpaired) electrons. The van der Waals surface area contributed by atoms with Crippen molar-refractivity contribution in [3.63, 3.8) is 0 Å². The first-order chi connectivity index (χ1) is 10.7. The summed E-state index contributed by atoms with van der Waals surface area (Å²) < 4.78 is 19.4. The van der Waals surface area contributed by atoms with E-state index in [0.29, 0.717) is 18.8 Å². The molecule has 23 heavy (non-hydrogen) atoms. The molecule has 0 spiro atoms. The number of aryl methyl sites for hydroxylation is 1. The molecule has 2 unspecified atom stereocenters. The molecular formula is C18H27FN2O2. The Morgan fingerprint density at radius 3 is 2.65 bits per heavy atom. The predicted octanol–water partition coefficient (Wildman–Crippen LogP) is 4.19. The third kappa shape index (κ3) is 4.85. The lowest BCUT2D eigenvalue weighted by Gasteiger charge is -2.38. The second-order valence-electron chi connectivity index (χ2n) is 7.43. The van der Waals surface area contributed by atoms with Crippen molar-refractivity contribution in [2.45, 2.75) is 52.7 Å². The van der Waals surface area contributed by atoms with Gasteiger partial charge in [0.15, 0.2) is 0 Å². The van der Waals surface area contributed by atoms with Crippen LogP contribution in [0.1, 0.15) is 39.7 Å². The predicted molar refractivity (Wildman–Crippen MR) is 90.1 cm³/mol. The van der Waals surface area contributed by atoms with Gasteiger partial charge < -0.3 is 15.0 Å². The van der Waals surface area contributed by atoms with Crippen molar-refractivity contribution in [1.82, 2.24) is 4.90 Å². The Balaban J connectivity index is 1.95. The van der Waals surface area contributed by atoms with Gasteiger partial charge in [0.05, 0.1) is 5.69 Å². The molecule has 0 aliphatic carbocycles. The van der Waals surface area contributed by atoms with Crippen LogP contribution >= 0.6 is 0 Å². The fourth-order valence-corrected chi connectivity index (χ4v) is 2.79. The molecule has 2 rings (SSSR count). The smallest absolute Gasteiger partial charge is 0.410 e. The van der Waals surface area contributed by atoms with Gasteiger partial charge in [0.25, 0.3) is 0 Å². The topological polar surface area (TPSA) is 41.6 Å². The maximum atomic E-state index is 14.0. The third-order valence-electron chi connectivity index (χ3n) is 4.02. The molecular weight excluding hydrogens is 295 g/mol. The quantitative estimate of drug-likeness (QED) is 0.887. The fraction of sp³-hybridized carbons (Fsp3) is 0.611. The van der Waals surface area contributed by atoms with E-state index in [1.807, 2.05) is 33.8 Å². The molecule has 2 atom stereocenters. The summed E-state index contributed by atoms with van der Waals surface area (Å²) in [6.07, 6.45) is 0.498. The van der Waals surface area contributed by atoms with E-state index in [-0.39, 0.29) is 23.9 Å². The largest absolute Gasteiger partial charge is 0.444 e. The van der Waals surface area contributed by atoms with Gasteiger partial charge in [-0.3, -0.25) is 0 Å². The summed E-state index contributed by atoms with van der Waals surface area (Å²) in [6.45, 7) is 10.8. The second-order valence-corrected chi connectivity index (χ2v) is 7.43. The summed E-state index contributed by atoms with van der Waals surface area (Å²) in [7, 11) is 0. The number of anilines is 1. The zero-order chi connectivity index (χ0) is 17.2. The molecule has 0 saturated carbocycles.